The van der Waals surface area contributed by atoms with Crippen LogP contribution < -0.4 is 5.32 Å². The predicted molar refractivity (Wildman–Crippen MR) is 71.4 cm³/mol. The van der Waals surface area contributed by atoms with Gasteiger partial charge in [-0.1, -0.05) is 19.9 Å². The maximum atomic E-state index is 11.8. The first-order valence-corrected chi connectivity index (χ1v) is 5.98. The number of hydrogen-bond donors (Lipinski definition) is 2. The average molecular weight is 237 g/mol. The largest absolute Gasteiger partial charge is 0.394 e. The molecular weight excluding hydrogens is 214 g/mol. The quantitative estimate of drug-likeness (QED) is 0.845. The fourth-order valence-corrected chi connectivity index (χ4v) is 1.82. The molecule has 0 unspecified atom stereocenters. The maximum absolute atomic E-state index is 11.8. The maximum Gasteiger partial charge on any atom is 0.251 e. The molecule has 96 valence electrons. The molecule has 3 heteroatoms. The Labute approximate surface area is 104 Å². The van der Waals surface area contributed by atoms with Crippen molar-refractivity contribution in [3.05, 3.63) is 34.9 Å². The Bertz CT molecular complexity index is 405. The summed E-state index contributed by atoms with van der Waals surface area (Å²) in [5, 5.41) is 11.6. The highest BCUT2D eigenvalue weighted by Crippen LogP contribution is 2.19. The molecule has 1 rings (SSSR count). The lowest BCUT2D eigenvalue weighted by atomic mass is 9.96. The van der Waals surface area contributed by atoms with Gasteiger partial charge in [0.2, 0.25) is 0 Å². The summed E-state index contributed by atoms with van der Waals surface area (Å²) < 4.78 is 0. The van der Waals surface area contributed by atoms with Gasteiger partial charge in [0, 0.05) is 13.0 Å². The van der Waals surface area contributed by atoms with Gasteiger partial charge in [-0.15, -0.1) is 0 Å². The standard InChI is InChI=1S/C14H21NO2.H2/c1-9(2)13-6-5-12(7-10(13)3)14(17)15-11(4)8-16;/h5-7,9,11,16H,8H2,1-4H3,(H,15,17);1H/t11-;/m1./s1. The van der Waals surface area contributed by atoms with Crippen LogP contribution in [0.2, 0.25) is 0 Å². The van der Waals surface area contributed by atoms with Gasteiger partial charge in [0.15, 0.2) is 0 Å². The highest BCUT2D eigenvalue weighted by Gasteiger charge is 2.11. The summed E-state index contributed by atoms with van der Waals surface area (Å²) in [7, 11) is 0. The van der Waals surface area contributed by atoms with Gasteiger partial charge in [0.05, 0.1) is 6.61 Å². The second kappa shape index (κ2) is 5.82. The van der Waals surface area contributed by atoms with Gasteiger partial charge in [0.25, 0.3) is 5.91 Å². The van der Waals surface area contributed by atoms with Gasteiger partial charge in [-0.2, -0.15) is 0 Å². The van der Waals surface area contributed by atoms with E-state index in [0.29, 0.717) is 11.5 Å². The number of amides is 1. The van der Waals surface area contributed by atoms with Crippen molar-refractivity contribution in [2.24, 2.45) is 0 Å². The summed E-state index contributed by atoms with van der Waals surface area (Å²) in [4.78, 5) is 11.8. The van der Waals surface area contributed by atoms with Crippen molar-refractivity contribution in [2.75, 3.05) is 6.61 Å². The fourth-order valence-electron chi connectivity index (χ4n) is 1.82. The molecule has 0 saturated carbocycles. The summed E-state index contributed by atoms with van der Waals surface area (Å²) in [6.45, 7) is 8.01. The molecule has 0 spiro atoms. The highest BCUT2D eigenvalue weighted by molar-refractivity contribution is 5.94. The van der Waals surface area contributed by atoms with Crippen molar-refractivity contribution >= 4 is 5.91 Å². The van der Waals surface area contributed by atoms with Gasteiger partial charge >= 0.3 is 0 Å². The number of hydrogen-bond acceptors (Lipinski definition) is 2. The van der Waals surface area contributed by atoms with Crippen LogP contribution in [0.3, 0.4) is 0 Å². The van der Waals surface area contributed by atoms with E-state index in [1.54, 1.807) is 6.92 Å². The molecule has 0 radical (unpaired) electrons. The minimum Gasteiger partial charge on any atom is -0.394 e. The number of carbonyl (C=O) groups excluding carboxylic acids is 1. The van der Waals surface area contributed by atoms with Crippen molar-refractivity contribution in [2.45, 2.75) is 39.7 Å². The van der Waals surface area contributed by atoms with Crippen molar-refractivity contribution in [3.63, 3.8) is 0 Å². The van der Waals surface area contributed by atoms with Crippen LogP contribution in [-0.2, 0) is 0 Å². The number of aryl methyl sites for hydroxylation is 1. The van der Waals surface area contributed by atoms with Crippen LogP contribution in [0, 0.1) is 6.92 Å². The minimum atomic E-state index is -0.215. The topological polar surface area (TPSA) is 49.3 Å². The lowest BCUT2D eigenvalue weighted by molar-refractivity contribution is 0.0922. The number of aliphatic hydroxyl groups is 1. The fraction of sp³-hybridized carbons (Fsp3) is 0.500. The Hall–Kier alpha value is -1.35. The van der Waals surface area contributed by atoms with Gasteiger partial charge in [-0.05, 0) is 43.0 Å². The van der Waals surface area contributed by atoms with Crippen LogP contribution in [0.15, 0.2) is 18.2 Å². The Morgan fingerprint density at radius 1 is 1.41 bits per heavy atom. The van der Waals surface area contributed by atoms with E-state index in [0.717, 1.165) is 5.56 Å². The summed E-state index contributed by atoms with van der Waals surface area (Å²) in [5.41, 5.74) is 3.04. The van der Waals surface area contributed by atoms with Crippen molar-refractivity contribution in [1.29, 1.82) is 0 Å². The summed E-state index contributed by atoms with van der Waals surface area (Å²) >= 11 is 0. The first kappa shape index (κ1) is 13.7. The smallest absolute Gasteiger partial charge is 0.251 e. The molecule has 0 bridgehead atoms. The Balaban J connectivity index is 0.00000289. The van der Waals surface area contributed by atoms with Crippen LogP contribution in [0.25, 0.3) is 0 Å². The van der Waals surface area contributed by atoms with E-state index in [2.05, 4.69) is 19.2 Å². The first-order valence-electron chi connectivity index (χ1n) is 5.98. The Morgan fingerprint density at radius 3 is 2.53 bits per heavy atom. The van der Waals surface area contributed by atoms with E-state index in [-0.39, 0.29) is 20.0 Å². The number of aliphatic hydroxyl groups excluding tert-OH is 1. The number of benzene rings is 1. The zero-order valence-corrected chi connectivity index (χ0v) is 10.9. The monoisotopic (exact) mass is 237 g/mol. The molecular formula is C14H23NO2. The normalized spacial score (nSPS) is 12.6. The third-order valence-corrected chi connectivity index (χ3v) is 2.81. The molecule has 0 saturated heterocycles. The van der Waals surface area contributed by atoms with Gasteiger partial charge < -0.3 is 10.4 Å². The molecule has 1 aromatic rings. The van der Waals surface area contributed by atoms with E-state index < -0.39 is 0 Å². The zero-order valence-electron chi connectivity index (χ0n) is 10.9. The third kappa shape index (κ3) is 3.56. The Morgan fingerprint density at radius 2 is 2.06 bits per heavy atom. The van der Waals surface area contributed by atoms with Crippen LogP contribution in [0.4, 0.5) is 0 Å². The molecule has 17 heavy (non-hydrogen) atoms. The van der Waals surface area contributed by atoms with E-state index in [4.69, 9.17) is 5.11 Å². The second-order valence-corrected chi connectivity index (χ2v) is 4.78. The lowest BCUT2D eigenvalue weighted by Crippen LogP contribution is -2.35. The molecule has 1 aromatic carbocycles. The first-order chi connectivity index (χ1) is 7.95. The number of rotatable bonds is 4. The average Bonchev–Trinajstić information content (AvgIpc) is 2.28. The summed E-state index contributed by atoms with van der Waals surface area (Å²) in [6, 6.07) is 5.52. The molecule has 1 atom stereocenters. The molecule has 2 N–H and O–H groups in total. The van der Waals surface area contributed by atoms with Gasteiger partial charge in [-0.3, -0.25) is 4.79 Å². The predicted octanol–water partition coefficient (Wildman–Crippen LogP) is 2.48. The summed E-state index contributed by atoms with van der Waals surface area (Å²) in [5.74, 6) is 0.327. The molecule has 0 fully saturated rings. The molecule has 0 aliphatic carbocycles. The molecule has 0 heterocycles. The van der Waals surface area contributed by atoms with E-state index >= 15 is 0 Å². The van der Waals surface area contributed by atoms with E-state index in [1.165, 1.54) is 5.56 Å². The van der Waals surface area contributed by atoms with Crippen LogP contribution in [0.5, 0.6) is 0 Å². The van der Waals surface area contributed by atoms with Crippen LogP contribution in [-0.4, -0.2) is 23.7 Å². The molecule has 1 amide bonds. The number of nitrogens with one attached hydrogen (secondary N) is 1. The molecule has 3 nitrogen and oxygen atoms in total. The molecule has 0 aliphatic rings. The van der Waals surface area contributed by atoms with Crippen molar-refractivity contribution < 1.29 is 11.3 Å². The van der Waals surface area contributed by atoms with E-state index in [9.17, 15) is 4.79 Å². The highest BCUT2D eigenvalue weighted by atomic mass is 16.3. The SMILES string of the molecule is Cc1cc(C(=O)N[C@H](C)CO)ccc1C(C)C.[HH]. The summed E-state index contributed by atoms with van der Waals surface area (Å²) in [6.07, 6.45) is 0. The van der Waals surface area contributed by atoms with Gasteiger partial charge in [0.1, 0.15) is 0 Å². The van der Waals surface area contributed by atoms with Crippen molar-refractivity contribution in [3.8, 4) is 0 Å². The van der Waals surface area contributed by atoms with Crippen LogP contribution >= 0.6 is 0 Å². The molecule has 0 aliphatic heterocycles. The minimum absolute atomic E-state index is 0. The second-order valence-electron chi connectivity index (χ2n) is 4.78. The third-order valence-electron chi connectivity index (χ3n) is 2.81. The van der Waals surface area contributed by atoms with Gasteiger partial charge in [-0.25, -0.2) is 0 Å². The lowest BCUT2D eigenvalue weighted by Gasteiger charge is -2.13. The van der Waals surface area contributed by atoms with Crippen molar-refractivity contribution in [1.82, 2.24) is 5.32 Å². The zero-order chi connectivity index (χ0) is 13.0. The van der Waals surface area contributed by atoms with E-state index in [1.807, 2.05) is 25.1 Å². The Kier molecular flexibility index (Phi) is 4.70. The molecule has 0 aromatic heterocycles. The number of carbonyl (C=O) groups is 1. The van der Waals surface area contributed by atoms with Crippen LogP contribution in [0.1, 0.15) is 49.6 Å².